The standard InChI is InChI=1S/C19H36O4.Na.H/c1-2-3-4-5-6-7-8-9-10-11-12-13-14-15-16-17-18(20)23-19(21)22;;/h2-17H2,1H3,(H,21,22);;/q;+1;-1. The van der Waals surface area contributed by atoms with Gasteiger partial charge < -0.3 is 11.3 Å². The molecule has 0 spiro atoms. The van der Waals surface area contributed by atoms with Gasteiger partial charge in [-0.15, -0.1) is 0 Å². The molecule has 0 aromatic rings. The molecule has 0 aliphatic rings. The van der Waals surface area contributed by atoms with Crippen molar-refractivity contribution in [3.8, 4) is 0 Å². The number of carbonyl (C=O) groups excluding carboxylic acids is 1. The number of hydrogen-bond donors (Lipinski definition) is 1. The summed E-state index contributed by atoms with van der Waals surface area (Å²) >= 11 is 0. The summed E-state index contributed by atoms with van der Waals surface area (Å²) in [6, 6.07) is 0. The molecule has 0 bridgehead atoms. The van der Waals surface area contributed by atoms with Crippen LogP contribution in [0.1, 0.15) is 111 Å². The van der Waals surface area contributed by atoms with E-state index >= 15 is 0 Å². The van der Waals surface area contributed by atoms with E-state index in [-0.39, 0.29) is 37.4 Å². The van der Waals surface area contributed by atoms with Crippen LogP contribution in [0.2, 0.25) is 0 Å². The van der Waals surface area contributed by atoms with Crippen LogP contribution >= 0.6 is 0 Å². The van der Waals surface area contributed by atoms with E-state index in [4.69, 9.17) is 5.11 Å². The molecule has 0 aliphatic carbocycles. The Morgan fingerprint density at radius 2 is 1.04 bits per heavy atom. The Bertz CT molecular complexity index is 301. The molecule has 0 aromatic heterocycles. The van der Waals surface area contributed by atoms with E-state index < -0.39 is 12.1 Å². The Balaban J connectivity index is -0.00000242. The number of ether oxygens (including phenoxy) is 1. The van der Waals surface area contributed by atoms with Crippen molar-refractivity contribution in [2.24, 2.45) is 0 Å². The van der Waals surface area contributed by atoms with Crippen molar-refractivity contribution in [1.82, 2.24) is 0 Å². The largest absolute Gasteiger partial charge is 1.00 e. The fourth-order valence-electron chi connectivity index (χ4n) is 2.79. The summed E-state index contributed by atoms with van der Waals surface area (Å²) in [5.41, 5.74) is 0. The molecule has 0 saturated carbocycles. The van der Waals surface area contributed by atoms with Crippen LogP contribution in [0.15, 0.2) is 0 Å². The molecule has 1 N–H and O–H groups in total. The zero-order valence-electron chi connectivity index (χ0n) is 17.0. The third kappa shape index (κ3) is 21.9. The van der Waals surface area contributed by atoms with E-state index in [1.54, 1.807) is 0 Å². The van der Waals surface area contributed by atoms with Gasteiger partial charge in [-0.2, -0.15) is 0 Å². The Kier molecular flexibility index (Phi) is 22.9. The molecule has 0 amide bonds. The predicted octanol–water partition coefficient (Wildman–Crippen LogP) is 3.59. The van der Waals surface area contributed by atoms with Gasteiger partial charge in [0.2, 0.25) is 0 Å². The first-order chi connectivity index (χ1) is 11.2. The minimum atomic E-state index is -1.50. The van der Waals surface area contributed by atoms with Crippen molar-refractivity contribution in [1.29, 1.82) is 0 Å². The quantitative estimate of drug-likeness (QED) is 0.200. The molecule has 0 rings (SSSR count). The first-order valence-corrected chi connectivity index (χ1v) is 9.60. The third-order valence-electron chi connectivity index (χ3n) is 4.19. The van der Waals surface area contributed by atoms with Crippen LogP contribution < -0.4 is 29.6 Å². The monoisotopic (exact) mass is 352 g/mol. The molecule has 0 aromatic carbocycles. The fourth-order valence-corrected chi connectivity index (χ4v) is 2.79. The maximum atomic E-state index is 11.0. The number of carbonyl (C=O) groups is 2. The first kappa shape index (κ1) is 26.2. The number of unbranched alkanes of at least 4 members (excludes halogenated alkanes) is 14. The normalized spacial score (nSPS) is 10.2. The van der Waals surface area contributed by atoms with Crippen molar-refractivity contribution in [2.75, 3.05) is 0 Å². The third-order valence-corrected chi connectivity index (χ3v) is 4.19. The zero-order valence-corrected chi connectivity index (χ0v) is 18.0. The molecular weight excluding hydrogens is 315 g/mol. The molecule has 0 saturated heterocycles. The van der Waals surface area contributed by atoms with Crippen molar-refractivity contribution < 1.29 is 50.4 Å². The zero-order chi connectivity index (χ0) is 17.2. The van der Waals surface area contributed by atoms with Crippen LogP contribution in [0.5, 0.6) is 0 Å². The van der Waals surface area contributed by atoms with Crippen LogP contribution in [0.4, 0.5) is 4.79 Å². The van der Waals surface area contributed by atoms with Gasteiger partial charge in [-0.1, -0.05) is 96.8 Å². The Morgan fingerprint density at radius 1 is 0.708 bits per heavy atom. The van der Waals surface area contributed by atoms with E-state index in [0.717, 1.165) is 19.3 Å². The van der Waals surface area contributed by atoms with E-state index in [1.165, 1.54) is 77.0 Å². The van der Waals surface area contributed by atoms with Crippen molar-refractivity contribution >= 4 is 12.1 Å². The maximum absolute atomic E-state index is 11.0. The molecular formula is C19H37NaO4. The summed E-state index contributed by atoms with van der Waals surface area (Å²) in [6.45, 7) is 2.26. The second-order valence-electron chi connectivity index (χ2n) is 6.44. The van der Waals surface area contributed by atoms with Crippen LogP contribution in [0, 0.1) is 0 Å². The average Bonchev–Trinajstić information content (AvgIpc) is 2.50. The molecule has 0 aliphatic heterocycles. The second-order valence-corrected chi connectivity index (χ2v) is 6.44. The number of rotatable bonds is 16. The van der Waals surface area contributed by atoms with Gasteiger partial charge in [0.15, 0.2) is 0 Å². The number of hydrogen-bond acceptors (Lipinski definition) is 3. The Hall–Kier alpha value is -0.0600. The van der Waals surface area contributed by atoms with Gasteiger partial charge in [-0.3, -0.25) is 4.79 Å². The van der Waals surface area contributed by atoms with Crippen LogP contribution in [0.25, 0.3) is 0 Å². The molecule has 0 unspecified atom stereocenters. The molecule has 4 nitrogen and oxygen atoms in total. The van der Waals surface area contributed by atoms with E-state index in [9.17, 15) is 9.59 Å². The molecule has 0 atom stereocenters. The van der Waals surface area contributed by atoms with Gasteiger partial charge in [0.1, 0.15) is 0 Å². The minimum absolute atomic E-state index is 0. The topological polar surface area (TPSA) is 63.6 Å². The molecule has 0 radical (unpaired) electrons. The molecule has 0 heterocycles. The minimum Gasteiger partial charge on any atom is -1.00 e. The van der Waals surface area contributed by atoms with E-state index in [0.29, 0.717) is 0 Å². The van der Waals surface area contributed by atoms with Gasteiger partial charge >= 0.3 is 41.7 Å². The van der Waals surface area contributed by atoms with Gasteiger partial charge in [0, 0.05) is 6.42 Å². The van der Waals surface area contributed by atoms with Crippen molar-refractivity contribution in [3.63, 3.8) is 0 Å². The Labute approximate surface area is 171 Å². The van der Waals surface area contributed by atoms with Crippen molar-refractivity contribution in [3.05, 3.63) is 0 Å². The number of carboxylic acid groups (broad SMARTS) is 1. The fraction of sp³-hybridized carbons (Fsp3) is 0.895. The SMILES string of the molecule is CCCCCCCCCCCCCCCCCC(=O)OC(=O)O.[H-].[Na+]. The Morgan fingerprint density at radius 3 is 1.38 bits per heavy atom. The van der Waals surface area contributed by atoms with Crippen LogP contribution in [-0.4, -0.2) is 17.2 Å². The molecule has 0 fully saturated rings. The predicted molar refractivity (Wildman–Crippen MR) is 94.8 cm³/mol. The summed E-state index contributed by atoms with van der Waals surface area (Å²) in [5, 5.41) is 8.27. The van der Waals surface area contributed by atoms with Gasteiger partial charge in [0.25, 0.3) is 0 Å². The number of esters is 1. The summed E-state index contributed by atoms with van der Waals surface area (Å²) in [5.74, 6) is -0.632. The van der Waals surface area contributed by atoms with E-state index in [2.05, 4.69) is 11.7 Å². The smallest absolute Gasteiger partial charge is 1.00 e. The summed E-state index contributed by atoms with van der Waals surface area (Å²) in [6.07, 6.45) is 17.8. The van der Waals surface area contributed by atoms with Crippen LogP contribution in [0.3, 0.4) is 0 Å². The summed E-state index contributed by atoms with van der Waals surface area (Å²) in [7, 11) is 0. The molecule has 138 valence electrons. The molecule has 5 heteroatoms. The van der Waals surface area contributed by atoms with Gasteiger partial charge in [-0.25, -0.2) is 4.79 Å². The first-order valence-electron chi connectivity index (χ1n) is 9.60. The second kappa shape index (κ2) is 21.0. The van der Waals surface area contributed by atoms with Crippen LogP contribution in [-0.2, 0) is 9.53 Å². The van der Waals surface area contributed by atoms with Gasteiger partial charge in [0.05, 0.1) is 0 Å². The van der Waals surface area contributed by atoms with Crippen molar-refractivity contribution in [2.45, 2.75) is 110 Å². The summed E-state index contributed by atoms with van der Waals surface area (Å²) in [4.78, 5) is 21.1. The summed E-state index contributed by atoms with van der Waals surface area (Å²) < 4.78 is 4.05. The molecule has 24 heavy (non-hydrogen) atoms. The average molecular weight is 352 g/mol. The van der Waals surface area contributed by atoms with E-state index in [1.807, 2.05) is 0 Å². The van der Waals surface area contributed by atoms with Gasteiger partial charge in [-0.05, 0) is 6.42 Å². The maximum Gasteiger partial charge on any atom is 1.00 e.